The highest BCUT2D eigenvalue weighted by Gasteiger charge is 2.24. The number of phenols is 1. The molecule has 0 radical (unpaired) electrons. The molecule has 7 heteroatoms. The predicted molar refractivity (Wildman–Crippen MR) is 100 cm³/mol. The zero-order chi connectivity index (χ0) is 19.8. The van der Waals surface area contributed by atoms with E-state index < -0.39 is 18.8 Å². The molecule has 0 amide bonds. The molecular weight excluding hydrogens is 352 g/mol. The summed E-state index contributed by atoms with van der Waals surface area (Å²) in [6.07, 6.45) is 1.06. The van der Waals surface area contributed by atoms with Crippen LogP contribution in [0.25, 0.3) is 6.08 Å². The Balaban J connectivity index is 2.28. The number of rotatable bonds is 9. The highest BCUT2D eigenvalue weighted by molar-refractivity contribution is 5.55. The Morgan fingerprint density at radius 3 is 2.22 bits per heavy atom. The van der Waals surface area contributed by atoms with E-state index in [1.54, 1.807) is 36.4 Å². The first-order chi connectivity index (χ1) is 13.0. The van der Waals surface area contributed by atoms with Gasteiger partial charge in [-0.2, -0.15) is 0 Å². The van der Waals surface area contributed by atoms with Gasteiger partial charge in [-0.3, -0.25) is 0 Å². The molecule has 2 atom stereocenters. The molecule has 0 heterocycles. The molecule has 0 saturated carbocycles. The summed E-state index contributed by atoms with van der Waals surface area (Å²) >= 11 is 0. The lowest BCUT2D eigenvalue weighted by Gasteiger charge is -2.23. The first kappa shape index (κ1) is 20.6. The summed E-state index contributed by atoms with van der Waals surface area (Å²) in [4.78, 5) is 0. The van der Waals surface area contributed by atoms with Gasteiger partial charge in [0.25, 0.3) is 0 Å². The molecule has 0 aliphatic carbocycles. The minimum Gasteiger partial charge on any atom is -0.508 e. The van der Waals surface area contributed by atoms with Crippen molar-refractivity contribution in [1.82, 2.24) is 0 Å². The molecule has 7 nitrogen and oxygen atoms in total. The van der Waals surface area contributed by atoms with Crippen LogP contribution < -0.4 is 14.2 Å². The van der Waals surface area contributed by atoms with Gasteiger partial charge in [-0.15, -0.1) is 0 Å². The summed E-state index contributed by atoms with van der Waals surface area (Å²) in [6.45, 7) is -0.567. The van der Waals surface area contributed by atoms with Crippen molar-refractivity contribution in [2.24, 2.45) is 0 Å². The van der Waals surface area contributed by atoms with Gasteiger partial charge in [0.05, 0.1) is 27.4 Å². The van der Waals surface area contributed by atoms with E-state index in [2.05, 4.69) is 0 Å². The smallest absolute Gasteiger partial charge is 0.152 e. The topological polar surface area (TPSA) is 109 Å². The van der Waals surface area contributed by atoms with Crippen molar-refractivity contribution in [2.75, 3.05) is 27.4 Å². The summed E-state index contributed by atoms with van der Waals surface area (Å²) in [6, 6.07) is 9.40. The molecular formula is C20H24O7. The molecule has 0 saturated heterocycles. The van der Waals surface area contributed by atoms with Gasteiger partial charge in [0, 0.05) is 12.1 Å². The van der Waals surface area contributed by atoms with Crippen molar-refractivity contribution in [3.05, 3.63) is 53.6 Å². The number of hydrogen-bond donors (Lipinski definition) is 4. The maximum absolute atomic E-state index is 10.6. The van der Waals surface area contributed by atoms with Crippen LogP contribution in [-0.4, -0.2) is 54.0 Å². The lowest BCUT2D eigenvalue weighted by atomic mass is 10.0. The zero-order valence-electron chi connectivity index (χ0n) is 15.2. The summed E-state index contributed by atoms with van der Waals surface area (Å²) in [5, 5.41) is 39.0. The third kappa shape index (κ3) is 5.62. The second-order valence-electron chi connectivity index (χ2n) is 5.77. The largest absolute Gasteiger partial charge is 0.508 e. The van der Waals surface area contributed by atoms with Crippen LogP contribution in [0.5, 0.6) is 23.0 Å². The third-order valence-corrected chi connectivity index (χ3v) is 3.86. The van der Waals surface area contributed by atoms with Crippen LogP contribution >= 0.6 is 0 Å². The molecule has 2 aromatic rings. The van der Waals surface area contributed by atoms with Crippen LogP contribution in [0.2, 0.25) is 0 Å². The van der Waals surface area contributed by atoms with Crippen LogP contribution in [0.3, 0.4) is 0 Å². The van der Waals surface area contributed by atoms with Gasteiger partial charge < -0.3 is 34.6 Å². The van der Waals surface area contributed by atoms with Crippen LogP contribution in [0.1, 0.15) is 17.2 Å². The summed E-state index contributed by atoms with van der Waals surface area (Å²) in [5.41, 5.74) is 1.07. The van der Waals surface area contributed by atoms with E-state index >= 15 is 0 Å². The van der Waals surface area contributed by atoms with Crippen molar-refractivity contribution in [2.45, 2.75) is 12.2 Å². The van der Waals surface area contributed by atoms with E-state index in [0.29, 0.717) is 22.8 Å². The van der Waals surface area contributed by atoms with Crippen molar-refractivity contribution in [3.8, 4) is 23.0 Å². The molecule has 27 heavy (non-hydrogen) atoms. The molecule has 0 spiro atoms. The number of aliphatic hydroxyl groups excluding tert-OH is 3. The van der Waals surface area contributed by atoms with Gasteiger partial charge in [-0.05, 0) is 35.4 Å². The SMILES string of the molecule is COc1cc(C=CCO)cc(OC(CO)C(O)c2cc(O)cc(OC)c2)c1. The Bertz CT molecular complexity index is 773. The predicted octanol–water partition coefficient (Wildman–Crippen LogP) is 1.89. The Morgan fingerprint density at radius 2 is 1.59 bits per heavy atom. The summed E-state index contributed by atoms with van der Waals surface area (Å²) < 4.78 is 16.1. The van der Waals surface area contributed by atoms with Gasteiger partial charge in [-0.25, -0.2) is 0 Å². The second-order valence-corrected chi connectivity index (χ2v) is 5.77. The van der Waals surface area contributed by atoms with Gasteiger partial charge in [0.2, 0.25) is 0 Å². The molecule has 2 rings (SSSR count). The summed E-state index contributed by atoms with van der Waals surface area (Å²) in [7, 11) is 2.96. The number of aliphatic hydroxyl groups is 3. The molecule has 0 aromatic heterocycles. The molecule has 0 aliphatic heterocycles. The second kappa shape index (κ2) is 9.82. The highest BCUT2D eigenvalue weighted by Crippen LogP contribution is 2.30. The quantitative estimate of drug-likeness (QED) is 0.529. The molecule has 0 bridgehead atoms. The normalized spacial score (nSPS) is 13.4. The van der Waals surface area contributed by atoms with Crippen LogP contribution in [0.15, 0.2) is 42.5 Å². The number of benzene rings is 2. The number of methoxy groups -OCH3 is 2. The standard InChI is InChI=1S/C20H24O7/c1-25-16-6-13(4-3-5-21)7-18(11-16)27-19(12-22)20(24)14-8-15(23)10-17(9-14)26-2/h3-4,6-11,19-24H,5,12H2,1-2H3. The number of ether oxygens (including phenoxy) is 3. The zero-order valence-corrected chi connectivity index (χ0v) is 15.2. The van der Waals surface area contributed by atoms with Crippen molar-refractivity contribution in [3.63, 3.8) is 0 Å². The van der Waals surface area contributed by atoms with Crippen LogP contribution in [-0.2, 0) is 0 Å². The first-order valence-electron chi connectivity index (χ1n) is 8.30. The number of phenolic OH excluding ortho intramolecular Hbond substituents is 1. The molecule has 146 valence electrons. The Kier molecular flexibility index (Phi) is 7.48. The minimum atomic E-state index is -1.21. The molecule has 0 fully saturated rings. The van der Waals surface area contributed by atoms with E-state index in [9.17, 15) is 15.3 Å². The highest BCUT2D eigenvalue weighted by atomic mass is 16.5. The Labute approximate surface area is 157 Å². The van der Waals surface area contributed by atoms with E-state index in [4.69, 9.17) is 19.3 Å². The van der Waals surface area contributed by atoms with Crippen molar-refractivity contribution >= 4 is 6.08 Å². The van der Waals surface area contributed by atoms with Gasteiger partial charge in [-0.1, -0.05) is 12.2 Å². The van der Waals surface area contributed by atoms with E-state index in [1.165, 1.54) is 26.4 Å². The van der Waals surface area contributed by atoms with Gasteiger partial charge in [0.15, 0.2) is 6.10 Å². The number of aromatic hydroxyl groups is 1. The Hall–Kier alpha value is -2.74. The fourth-order valence-corrected chi connectivity index (χ4v) is 2.55. The van der Waals surface area contributed by atoms with Gasteiger partial charge >= 0.3 is 0 Å². The molecule has 4 N–H and O–H groups in total. The first-order valence-corrected chi connectivity index (χ1v) is 8.30. The maximum atomic E-state index is 10.6. The monoisotopic (exact) mass is 376 g/mol. The van der Waals surface area contributed by atoms with Crippen molar-refractivity contribution in [1.29, 1.82) is 0 Å². The lowest BCUT2D eigenvalue weighted by Crippen LogP contribution is -2.29. The minimum absolute atomic E-state index is 0.0714. The molecule has 2 aromatic carbocycles. The lowest BCUT2D eigenvalue weighted by molar-refractivity contribution is 0.000494. The van der Waals surface area contributed by atoms with Crippen molar-refractivity contribution < 1.29 is 34.6 Å². The number of hydrogen-bond acceptors (Lipinski definition) is 7. The molecule has 0 aliphatic rings. The summed E-state index contributed by atoms with van der Waals surface area (Å²) in [5.74, 6) is 1.20. The third-order valence-electron chi connectivity index (χ3n) is 3.86. The van der Waals surface area contributed by atoms with E-state index in [1.807, 2.05) is 0 Å². The van der Waals surface area contributed by atoms with Crippen LogP contribution in [0, 0.1) is 0 Å². The average molecular weight is 376 g/mol. The molecule has 2 unspecified atom stereocenters. The van der Waals surface area contributed by atoms with E-state index in [-0.39, 0.29) is 12.4 Å². The fraction of sp³-hybridized carbons (Fsp3) is 0.300. The average Bonchev–Trinajstić information content (AvgIpc) is 2.69. The fourth-order valence-electron chi connectivity index (χ4n) is 2.55. The Morgan fingerprint density at radius 1 is 0.926 bits per heavy atom. The van der Waals surface area contributed by atoms with Crippen LogP contribution in [0.4, 0.5) is 0 Å². The van der Waals surface area contributed by atoms with Gasteiger partial charge in [0.1, 0.15) is 29.1 Å². The van der Waals surface area contributed by atoms with E-state index in [0.717, 1.165) is 5.56 Å². The maximum Gasteiger partial charge on any atom is 0.152 e.